The molecule has 2 aromatic rings. The number of anilines is 1. The first kappa shape index (κ1) is 23.3. The Balaban J connectivity index is 2.14. The van der Waals surface area contributed by atoms with Crippen LogP contribution in [0.25, 0.3) is 0 Å². The summed E-state index contributed by atoms with van der Waals surface area (Å²) >= 11 is 11.9. The lowest BCUT2D eigenvalue weighted by Gasteiger charge is -2.18. The average molecular weight is 461 g/mol. The largest absolute Gasteiger partial charge is 0.490 e. The standard InChI is InChI=1S/C19H22Cl2N2O5S/c1-4-27-15-10-9-13(11-16(15)28-5-2)22-18(24)12-23(3)29(25,26)17-8-6-7-14(20)19(17)21/h6-11H,4-5,12H2,1-3H3,(H,22,24). The Labute approximate surface area is 180 Å². The van der Waals surface area contributed by atoms with Crippen LogP contribution in [0.2, 0.25) is 10.0 Å². The number of carbonyl (C=O) groups is 1. The maximum atomic E-state index is 12.7. The van der Waals surface area contributed by atoms with Crippen molar-refractivity contribution >= 4 is 44.8 Å². The minimum atomic E-state index is -4.00. The average Bonchev–Trinajstić information content (AvgIpc) is 2.66. The molecular formula is C19H22Cl2N2O5S. The van der Waals surface area contributed by atoms with Gasteiger partial charge in [-0.2, -0.15) is 4.31 Å². The monoisotopic (exact) mass is 460 g/mol. The van der Waals surface area contributed by atoms with E-state index in [1.165, 1.54) is 25.2 Å². The summed E-state index contributed by atoms with van der Waals surface area (Å²) in [4.78, 5) is 12.2. The Morgan fingerprint density at radius 1 is 1.07 bits per heavy atom. The fourth-order valence-corrected chi connectivity index (χ4v) is 4.33. The van der Waals surface area contributed by atoms with E-state index in [1.807, 2.05) is 13.8 Å². The Bertz CT molecular complexity index is 983. The molecule has 0 aliphatic rings. The maximum Gasteiger partial charge on any atom is 0.244 e. The van der Waals surface area contributed by atoms with Gasteiger partial charge in [-0.3, -0.25) is 4.79 Å². The number of rotatable bonds is 9. The SMILES string of the molecule is CCOc1ccc(NC(=O)CN(C)S(=O)(=O)c2cccc(Cl)c2Cl)cc1OCC. The van der Waals surface area contributed by atoms with E-state index in [-0.39, 0.29) is 14.9 Å². The van der Waals surface area contributed by atoms with Crippen molar-refractivity contribution < 1.29 is 22.7 Å². The molecule has 29 heavy (non-hydrogen) atoms. The van der Waals surface area contributed by atoms with Gasteiger partial charge in [0, 0.05) is 18.8 Å². The summed E-state index contributed by atoms with van der Waals surface area (Å²) in [5, 5.41) is 2.68. The van der Waals surface area contributed by atoms with Crippen molar-refractivity contribution in [3.8, 4) is 11.5 Å². The fourth-order valence-electron chi connectivity index (χ4n) is 2.47. The molecule has 0 saturated carbocycles. The zero-order chi connectivity index (χ0) is 21.6. The quantitative estimate of drug-likeness (QED) is 0.609. The lowest BCUT2D eigenvalue weighted by atomic mass is 10.2. The second kappa shape index (κ2) is 10.2. The smallest absolute Gasteiger partial charge is 0.244 e. The molecule has 0 aliphatic heterocycles. The van der Waals surface area contributed by atoms with E-state index in [1.54, 1.807) is 18.2 Å². The van der Waals surface area contributed by atoms with Crippen LogP contribution in [0.3, 0.4) is 0 Å². The van der Waals surface area contributed by atoms with Crippen LogP contribution < -0.4 is 14.8 Å². The first-order valence-electron chi connectivity index (χ1n) is 8.80. The first-order valence-corrected chi connectivity index (χ1v) is 11.0. The fraction of sp³-hybridized carbons (Fsp3) is 0.316. The van der Waals surface area contributed by atoms with Crippen molar-refractivity contribution in [2.45, 2.75) is 18.7 Å². The van der Waals surface area contributed by atoms with E-state index in [0.717, 1.165) is 4.31 Å². The molecule has 0 unspecified atom stereocenters. The van der Waals surface area contributed by atoms with E-state index in [9.17, 15) is 13.2 Å². The van der Waals surface area contributed by atoms with Gasteiger partial charge in [0.2, 0.25) is 15.9 Å². The minimum absolute atomic E-state index is 0.0886. The summed E-state index contributed by atoms with van der Waals surface area (Å²) in [6.45, 7) is 4.18. The normalized spacial score (nSPS) is 11.4. The molecular weight excluding hydrogens is 439 g/mol. The summed E-state index contributed by atoms with van der Waals surface area (Å²) in [6.07, 6.45) is 0. The zero-order valence-corrected chi connectivity index (χ0v) is 18.6. The zero-order valence-electron chi connectivity index (χ0n) is 16.2. The molecule has 0 saturated heterocycles. The van der Waals surface area contributed by atoms with Crippen molar-refractivity contribution in [2.75, 3.05) is 32.1 Å². The van der Waals surface area contributed by atoms with Gasteiger partial charge in [0.25, 0.3) is 0 Å². The van der Waals surface area contributed by atoms with E-state index < -0.39 is 22.5 Å². The van der Waals surface area contributed by atoms with Gasteiger partial charge in [-0.25, -0.2) is 8.42 Å². The highest BCUT2D eigenvalue weighted by atomic mass is 35.5. The van der Waals surface area contributed by atoms with E-state index in [2.05, 4.69) is 5.32 Å². The van der Waals surface area contributed by atoms with Crippen LogP contribution in [0.5, 0.6) is 11.5 Å². The number of nitrogens with zero attached hydrogens (tertiary/aromatic N) is 1. The highest BCUT2D eigenvalue weighted by Crippen LogP contribution is 2.32. The lowest BCUT2D eigenvalue weighted by Crippen LogP contribution is -2.35. The molecule has 2 aromatic carbocycles. The number of hydrogen-bond acceptors (Lipinski definition) is 5. The highest BCUT2D eigenvalue weighted by molar-refractivity contribution is 7.89. The molecule has 0 heterocycles. The molecule has 7 nitrogen and oxygen atoms in total. The first-order chi connectivity index (χ1) is 13.7. The van der Waals surface area contributed by atoms with Gasteiger partial charge in [-0.15, -0.1) is 0 Å². The Morgan fingerprint density at radius 3 is 2.38 bits per heavy atom. The molecule has 10 heteroatoms. The van der Waals surface area contributed by atoms with Crippen LogP contribution >= 0.6 is 23.2 Å². The van der Waals surface area contributed by atoms with Gasteiger partial charge in [0.1, 0.15) is 4.90 Å². The van der Waals surface area contributed by atoms with E-state index >= 15 is 0 Å². The molecule has 2 rings (SSSR count). The molecule has 0 spiro atoms. The molecule has 0 fully saturated rings. The highest BCUT2D eigenvalue weighted by Gasteiger charge is 2.26. The predicted molar refractivity (Wildman–Crippen MR) is 114 cm³/mol. The van der Waals surface area contributed by atoms with Gasteiger partial charge in [-0.1, -0.05) is 29.3 Å². The predicted octanol–water partition coefficient (Wildman–Crippen LogP) is 4.05. The van der Waals surface area contributed by atoms with Crippen molar-refractivity contribution in [3.05, 3.63) is 46.4 Å². The number of ether oxygens (including phenoxy) is 2. The van der Waals surface area contributed by atoms with Crippen molar-refractivity contribution in [3.63, 3.8) is 0 Å². The molecule has 0 aromatic heterocycles. The van der Waals surface area contributed by atoms with Gasteiger partial charge in [-0.05, 0) is 38.1 Å². The van der Waals surface area contributed by atoms with Crippen LogP contribution in [0.4, 0.5) is 5.69 Å². The summed E-state index contributed by atoms with van der Waals surface area (Å²) < 4.78 is 37.3. The van der Waals surface area contributed by atoms with Crippen molar-refractivity contribution in [2.24, 2.45) is 0 Å². The van der Waals surface area contributed by atoms with Crippen LogP contribution in [-0.2, 0) is 14.8 Å². The number of nitrogens with one attached hydrogen (secondary N) is 1. The molecule has 0 atom stereocenters. The Morgan fingerprint density at radius 2 is 1.72 bits per heavy atom. The van der Waals surface area contributed by atoms with Gasteiger partial charge >= 0.3 is 0 Å². The second-order valence-electron chi connectivity index (χ2n) is 5.89. The lowest BCUT2D eigenvalue weighted by molar-refractivity contribution is -0.116. The van der Waals surface area contributed by atoms with Crippen LogP contribution in [-0.4, -0.2) is 45.4 Å². The van der Waals surface area contributed by atoms with Crippen molar-refractivity contribution in [1.82, 2.24) is 4.31 Å². The summed E-state index contributed by atoms with van der Waals surface area (Å²) in [5.41, 5.74) is 0.452. The Kier molecular flexibility index (Phi) is 8.15. The number of amides is 1. The third-order valence-corrected chi connectivity index (χ3v) is 6.57. The maximum absolute atomic E-state index is 12.7. The summed E-state index contributed by atoms with van der Waals surface area (Å²) in [7, 11) is -2.71. The number of halogens is 2. The third-order valence-electron chi connectivity index (χ3n) is 3.80. The molecule has 158 valence electrons. The number of hydrogen-bond donors (Lipinski definition) is 1. The van der Waals surface area contributed by atoms with E-state index in [0.29, 0.717) is 30.4 Å². The molecule has 1 N–H and O–H groups in total. The number of likely N-dealkylation sites (N-methyl/N-ethyl adjacent to an activating group) is 1. The number of benzene rings is 2. The summed E-state index contributed by atoms with van der Waals surface area (Å²) in [6, 6.07) is 9.24. The third kappa shape index (κ3) is 5.76. The van der Waals surface area contributed by atoms with Crippen molar-refractivity contribution in [1.29, 1.82) is 0 Å². The molecule has 1 amide bonds. The van der Waals surface area contributed by atoms with Crippen LogP contribution in [0, 0.1) is 0 Å². The van der Waals surface area contributed by atoms with Gasteiger partial charge in [0.05, 0.1) is 29.8 Å². The summed E-state index contributed by atoms with van der Waals surface area (Å²) in [5.74, 6) is 0.516. The number of sulfonamides is 1. The van der Waals surface area contributed by atoms with Gasteiger partial charge < -0.3 is 14.8 Å². The minimum Gasteiger partial charge on any atom is -0.490 e. The van der Waals surface area contributed by atoms with Crippen LogP contribution in [0.1, 0.15) is 13.8 Å². The Hall–Kier alpha value is -2.00. The second-order valence-corrected chi connectivity index (χ2v) is 8.69. The molecule has 0 bridgehead atoms. The van der Waals surface area contributed by atoms with Gasteiger partial charge in [0.15, 0.2) is 11.5 Å². The van der Waals surface area contributed by atoms with Crippen LogP contribution in [0.15, 0.2) is 41.3 Å². The molecule has 0 aliphatic carbocycles. The van der Waals surface area contributed by atoms with E-state index in [4.69, 9.17) is 32.7 Å². The number of carbonyl (C=O) groups excluding carboxylic acids is 1. The molecule has 0 radical (unpaired) electrons. The topological polar surface area (TPSA) is 84.9 Å².